The van der Waals surface area contributed by atoms with Gasteiger partial charge in [0.2, 0.25) is 0 Å². The lowest BCUT2D eigenvalue weighted by Gasteiger charge is -2.18. The van der Waals surface area contributed by atoms with Crippen LogP contribution in [0, 0.1) is 0 Å². The van der Waals surface area contributed by atoms with Crippen LogP contribution in [0.4, 0.5) is 0 Å². The summed E-state index contributed by atoms with van der Waals surface area (Å²) < 4.78 is 23.6. The van der Waals surface area contributed by atoms with Crippen molar-refractivity contribution in [2.24, 2.45) is 0 Å². The number of nitrogens with zero attached hydrogens (tertiary/aromatic N) is 3. The Morgan fingerprint density at radius 1 is 1.22 bits per heavy atom. The normalized spacial score (nSPS) is 13.4. The first-order valence-corrected chi connectivity index (χ1v) is 8.74. The predicted octanol–water partition coefficient (Wildman–Crippen LogP) is 2.77. The number of aromatic nitrogens is 3. The van der Waals surface area contributed by atoms with Gasteiger partial charge in [-0.3, -0.25) is 0 Å². The molecule has 0 amide bonds. The highest BCUT2D eigenvalue weighted by atomic mass is 127. The summed E-state index contributed by atoms with van der Waals surface area (Å²) in [7, 11) is 0. The van der Waals surface area contributed by atoms with E-state index in [0.29, 0.717) is 39.6 Å². The minimum Gasteiger partial charge on any atom is -0.377 e. The van der Waals surface area contributed by atoms with E-state index in [-0.39, 0.29) is 11.7 Å². The van der Waals surface area contributed by atoms with Crippen LogP contribution in [0.25, 0.3) is 0 Å². The van der Waals surface area contributed by atoms with Crippen LogP contribution in [-0.4, -0.2) is 53.1 Å². The van der Waals surface area contributed by atoms with Gasteiger partial charge in [0.25, 0.3) is 0 Å². The molecule has 134 valence electrons. The lowest BCUT2D eigenvalue weighted by molar-refractivity contribution is -0.0165. The molecule has 7 nitrogen and oxygen atoms in total. The third-order valence-electron chi connectivity index (χ3n) is 2.94. The smallest absolute Gasteiger partial charge is 0.109 e. The first kappa shape index (κ1) is 20.8. The van der Waals surface area contributed by atoms with Crippen LogP contribution in [0.1, 0.15) is 39.8 Å². The molecule has 1 rings (SSSR count). The van der Waals surface area contributed by atoms with E-state index in [0.717, 1.165) is 12.1 Å². The van der Waals surface area contributed by atoms with Gasteiger partial charge in [0.15, 0.2) is 0 Å². The molecule has 1 unspecified atom stereocenters. The molecule has 1 aromatic heterocycles. The first-order chi connectivity index (χ1) is 10.9. The molecule has 0 bridgehead atoms. The zero-order chi connectivity index (χ0) is 17.1. The molecule has 1 atom stereocenters. The van der Waals surface area contributed by atoms with Crippen molar-refractivity contribution in [3.63, 3.8) is 0 Å². The van der Waals surface area contributed by atoms with E-state index in [2.05, 4.69) is 10.3 Å². The zero-order valence-corrected chi connectivity index (χ0v) is 16.6. The summed E-state index contributed by atoms with van der Waals surface area (Å²) in [6.07, 6.45) is 2.97. The molecule has 0 spiro atoms. The number of halogens is 1. The first-order valence-electron chi connectivity index (χ1n) is 7.86. The molecule has 23 heavy (non-hydrogen) atoms. The monoisotopic (exact) mass is 441 g/mol. The van der Waals surface area contributed by atoms with Crippen molar-refractivity contribution in [3.05, 3.63) is 11.9 Å². The van der Waals surface area contributed by atoms with Gasteiger partial charge in [-0.2, -0.15) is 0 Å². The van der Waals surface area contributed by atoms with Crippen molar-refractivity contribution in [2.75, 3.05) is 26.4 Å². The molecule has 0 aliphatic carbocycles. The highest BCUT2D eigenvalue weighted by Crippen LogP contribution is 2.09. The van der Waals surface area contributed by atoms with Gasteiger partial charge in [0.05, 0.1) is 57.5 Å². The quantitative estimate of drug-likeness (QED) is 0.367. The maximum absolute atomic E-state index is 5.66. The average molecular weight is 441 g/mol. The van der Waals surface area contributed by atoms with Crippen LogP contribution >= 0.6 is 23.0 Å². The van der Waals surface area contributed by atoms with Crippen LogP contribution in [0.2, 0.25) is 0 Å². The van der Waals surface area contributed by atoms with E-state index < -0.39 is 0 Å². The molecule has 0 saturated heterocycles. The van der Waals surface area contributed by atoms with E-state index in [4.69, 9.17) is 17.3 Å². The maximum atomic E-state index is 5.66. The van der Waals surface area contributed by atoms with Gasteiger partial charge < -0.3 is 17.3 Å². The summed E-state index contributed by atoms with van der Waals surface area (Å²) in [5.74, 6) is 0. The second kappa shape index (κ2) is 11.3. The fourth-order valence-corrected chi connectivity index (χ4v) is 1.92. The molecule has 0 aliphatic rings. The molecular weight excluding hydrogens is 413 g/mol. The minimum absolute atomic E-state index is 0.174. The molecule has 0 radical (unpaired) electrons. The van der Waals surface area contributed by atoms with Crippen molar-refractivity contribution in [2.45, 2.75) is 59.0 Å². The number of rotatable bonds is 12. The third-order valence-corrected chi connectivity index (χ3v) is 3.38. The molecule has 1 heterocycles. The second-order valence-corrected chi connectivity index (χ2v) is 6.89. The molecule has 8 heteroatoms. The van der Waals surface area contributed by atoms with E-state index >= 15 is 0 Å². The second-order valence-electron chi connectivity index (χ2n) is 6.27. The fraction of sp³-hybridized carbons (Fsp3) is 0.867. The van der Waals surface area contributed by atoms with Crippen LogP contribution in [0.5, 0.6) is 0 Å². The van der Waals surface area contributed by atoms with Crippen molar-refractivity contribution >= 4 is 23.0 Å². The highest BCUT2D eigenvalue weighted by molar-refractivity contribution is 14.1. The predicted molar refractivity (Wildman–Crippen MR) is 95.4 cm³/mol. The Balaban J connectivity index is 2.07. The van der Waals surface area contributed by atoms with Crippen molar-refractivity contribution in [1.29, 1.82) is 0 Å². The topological polar surface area (TPSA) is 67.6 Å². The zero-order valence-electron chi connectivity index (χ0n) is 14.5. The lowest BCUT2D eigenvalue weighted by atomic mass is 10.2. The number of hydrogen-bond acceptors (Lipinski definition) is 6. The SMILES string of the molecule is CC(CCOI)OCCOCCn1cc(COC(C)(C)C)nn1. The number of hydrogen-bond donors (Lipinski definition) is 0. The minimum atomic E-state index is -0.174. The molecule has 0 N–H and O–H groups in total. The van der Waals surface area contributed by atoms with Crippen molar-refractivity contribution < 1.29 is 17.3 Å². The van der Waals surface area contributed by atoms with E-state index in [1.54, 1.807) is 4.68 Å². The summed E-state index contributed by atoms with van der Waals surface area (Å²) in [6, 6.07) is 0. The third kappa shape index (κ3) is 11.0. The summed E-state index contributed by atoms with van der Waals surface area (Å²) in [5, 5.41) is 8.14. The maximum Gasteiger partial charge on any atom is 0.109 e. The molecule has 0 aliphatic heterocycles. The van der Waals surface area contributed by atoms with Gasteiger partial charge >= 0.3 is 0 Å². The molecular formula is C15H28IN3O4. The van der Waals surface area contributed by atoms with Gasteiger partial charge in [-0.1, -0.05) is 5.21 Å². The summed E-state index contributed by atoms with van der Waals surface area (Å²) >= 11 is 1.89. The average Bonchev–Trinajstić information content (AvgIpc) is 2.94. The fourth-order valence-electron chi connectivity index (χ4n) is 1.67. The van der Waals surface area contributed by atoms with Gasteiger partial charge in [-0.05, 0) is 34.1 Å². The summed E-state index contributed by atoms with van der Waals surface area (Å²) in [6.45, 7) is 11.7. The van der Waals surface area contributed by atoms with Gasteiger partial charge in [-0.25, -0.2) is 4.68 Å². The van der Waals surface area contributed by atoms with E-state index in [1.807, 2.05) is 56.9 Å². The van der Waals surface area contributed by atoms with Gasteiger partial charge in [0, 0.05) is 0 Å². The molecule has 0 fully saturated rings. The van der Waals surface area contributed by atoms with Crippen molar-refractivity contribution in [1.82, 2.24) is 15.0 Å². The van der Waals surface area contributed by atoms with Crippen LogP contribution in [-0.2, 0) is 30.4 Å². The van der Waals surface area contributed by atoms with Gasteiger partial charge in [0.1, 0.15) is 28.7 Å². The standard InChI is InChI=1S/C15H28IN3O4/c1-13(5-7-23-16)21-10-9-20-8-6-19-11-14(17-18-19)12-22-15(2,3)4/h11,13H,5-10,12H2,1-4H3. The van der Waals surface area contributed by atoms with E-state index in [9.17, 15) is 0 Å². The summed E-state index contributed by atoms with van der Waals surface area (Å²) in [5.41, 5.74) is 0.655. The Kier molecular flexibility index (Phi) is 10.2. The van der Waals surface area contributed by atoms with Crippen LogP contribution < -0.4 is 0 Å². The largest absolute Gasteiger partial charge is 0.377 e. The Bertz CT molecular complexity index is 423. The van der Waals surface area contributed by atoms with E-state index in [1.165, 1.54) is 0 Å². The molecule has 0 saturated carbocycles. The lowest BCUT2D eigenvalue weighted by Crippen LogP contribution is -2.18. The number of ether oxygens (including phenoxy) is 3. The van der Waals surface area contributed by atoms with Gasteiger partial charge in [-0.15, -0.1) is 5.10 Å². The van der Waals surface area contributed by atoms with Crippen LogP contribution in [0.15, 0.2) is 6.20 Å². The highest BCUT2D eigenvalue weighted by Gasteiger charge is 2.11. The van der Waals surface area contributed by atoms with Crippen LogP contribution in [0.3, 0.4) is 0 Å². The molecule has 0 aromatic carbocycles. The Hall–Kier alpha value is -0.290. The van der Waals surface area contributed by atoms with Crippen molar-refractivity contribution in [3.8, 4) is 0 Å². The molecule has 1 aromatic rings. The Morgan fingerprint density at radius 3 is 2.70 bits per heavy atom. The Labute approximate surface area is 152 Å². The Morgan fingerprint density at radius 2 is 2.00 bits per heavy atom. The summed E-state index contributed by atoms with van der Waals surface area (Å²) in [4.78, 5) is 0.